The van der Waals surface area contributed by atoms with Crippen LogP contribution in [0.4, 0.5) is 11.4 Å². The maximum atomic E-state index is 13.1. The van der Waals surface area contributed by atoms with Gasteiger partial charge in [-0.25, -0.2) is 8.42 Å². The Morgan fingerprint density at radius 3 is 2.26 bits per heavy atom. The first-order chi connectivity index (χ1) is 16.2. The Morgan fingerprint density at radius 2 is 1.65 bits per heavy atom. The van der Waals surface area contributed by atoms with Crippen LogP contribution in [0.15, 0.2) is 83.8 Å². The molecule has 0 aromatic heterocycles. The van der Waals surface area contributed by atoms with Crippen molar-refractivity contribution in [2.24, 2.45) is 0 Å². The summed E-state index contributed by atoms with van der Waals surface area (Å²) in [5.41, 5.74) is 1.60. The minimum atomic E-state index is -3.83. The minimum absolute atomic E-state index is 0.0349. The topological polar surface area (TPSA) is 105 Å². The van der Waals surface area contributed by atoms with E-state index < -0.39 is 16.1 Å². The molecule has 0 spiro atoms. The average Bonchev–Trinajstić information content (AvgIpc) is 2.83. The first kappa shape index (κ1) is 24.8. The van der Waals surface area contributed by atoms with Gasteiger partial charge < -0.3 is 15.4 Å². The van der Waals surface area contributed by atoms with E-state index in [4.69, 9.17) is 4.74 Å². The van der Waals surface area contributed by atoms with Gasteiger partial charge in [-0.15, -0.1) is 0 Å². The molecule has 0 radical (unpaired) electrons. The van der Waals surface area contributed by atoms with Crippen LogP contribution in [-0.4, -0.2) is 34.4 Å². The lowest BCUT2D eigenvalue weighted by Crippen LogP contribution is -2.30. The van der Waals surface area contributed by atoms with Crippen LogP contribution < -0.4 is 19.7 Å². The van der Waals surface area contributed by atoms with Gasteiger partial charge in [0.15, 0.2) is 0 Å². The second kappa shape index (κ2) is 10.8. The molecular formula is C25H27N3O5S. The Morgan fingerprint density at radius 1 is 0.971 bits per heavy atom. The Bertz CT molecular complexity index is 1250. The zero-order valence-corrected chi connectivity index (χ0v) is 20.0. The van der Waals surface area contributed by atoms with Crippen molar-refractivity contribution in [3.05, 3.63) is 84.4 Å². The maximum Gasteiger partial charge on any atom is 0.264 e. The fraction of sp³-hybridized carbons (Fsp3) is 0.200. The van der Waals surface area contributed by atoms with Gasteiger partial charge >= 0.3 is 0 Å². The smallest absolute Gasteiger partial charge is 0.264 e. The quantitative estimate of drug-likeness (QED) is 0.485. The molecule has 0 heterocycles. The Balaban J connectivity index is 1.76. The number of amides is 2. The van der Waals surface area contributed by atoms with E-state index in [-0.39, 0.29) is 23.1 Å². The zero-order chi connectivity index (χ0) is 24.7. The number of hydrogen-bond acceptors (Lipinski definition) is 5. The van der Waals surface area contributed by atoms with Crippen molar-refractivity contribution < 1.29 is 22.7 Å². The van der Waals surface area contributed by atoms with Gasteiger partial charge in [0.05, 0.1) is 30.2 Å². The summed E-state index contributed by atoms with van der Waals surface area (Å²) in [6.45, 7) is 1.38. The SMILES string of the molecule is COc1ccc(C(CC(=O)Nc2cccc(S(=O)(=O)N(C)c3ccccc3)c2)NC(C)=O)cc1. The van der Waals surface area contributed by atoms with Gasteiger partial charge in [-0.2, -0.15) is 0 Å². The lowest BCUT2D eigenvalue weighted by atomic mass is 10.0. The first-order valence-electron chi connectivity index (χ1n) is 10.6. The number of hydrogen-bond donors (Lipinski definition) is 2. The molecule has 3 rings (SSSR count). The van der Waals surface area contributed by atoms with Crippen LogP contribution in [0.25, 0.3) is 0 Å². The molecule has 1 atom stereocenters. The van der Waals surface area contributed by atoms with Gasteiger partial charge in [-0.3, -0.25) is 13.9 Å². The third kappa shape index (κ3) is 6.14. The van der Waals surface area contributed by atoms with Crippen LogP contribution >= 0.6 is 0 Å². The van der Waals surface area contributed by atoms with Crippen molar-refractivity contribution in [2.45, 2.75) is 24.3 Å². The van der Waals surface area contributed by atoms with Gasteiger partial charge in [-0.05, 0) is 48.0 Å². The van der Waals surface area contributed by atoms with Crippen LogP contribution in [0, 0.1) is 0 Å². The van der Waals surface area contributed by atoms with Crippen molar-refractivity contribution in [3.8, 4) is 5.75 Å². The molecule has 9 heteroatoms. The van der Waals surface area contributed by atoms with Gasteiger partial charge in [0.25, 0.3) is 10.0 Å². The summed E-state index contributed by atoms with van der Waals surface area (Å²) in [5, 5.41) is 5.51. The number of benzene rings is 3. The molecule has 0 aliphatic rings. The van der Waals surface area contributed by atoms with Gasteiger partial charge in [0, 0.05) is 19.7 Å². The fourth-order valence-electron chi connectivity index (χ4n) is 3.40. The van der Waals surface area contributed by atoms with Crippen molar-refractivity contribution in [1.29, 1.82) is 0 Å². The molecule has 178 valence electrons. The predicted octanol–water partition coefficient (Wildman–Crippen LogP) is 3.73. The number of para-hydroxylation sites is 1. The summed E-state index contributed by atoms with van der Waals surface area (Å²) in [5.74, 6) is 0.0134. The number of ether oxygens (including phenoxy) is 1. The largest absolute Gasteiger partial charge is 0.497 e. The molecule has 2 amide bonds. The van der Waals surface area contributed by atoms with E-state index in [1.54, 1.807) is 73.8 Å². The number of sulfonamides is 1. The first-order valence-corrected chi connectivity index (χ1v) is 12.0. The molecule has 0 saturated heterocycles. The van der Waals surface area contributed by atoms with Crippen molar-refractivity contribution in [2.75, 3.05) is 23.8 Å². The molecule has 1 unspecified atom stereocenters. The summed E-state index contributed by atoms with van der Waals surface area (Å²) in [4.78, 5) is 24.5. The highest BCUT2D eigenvalue weighted by atomic mass is 32.2. The molecular weight excluding hydrogens is 454 g/mol. The number of nitrogens with one attached hydrogen (secondary N) is 2. The lowest BCUT2D eigenvalue weighted by molar-refractivity contribution is -0.120. The number of nitrogens with zero attached hydrogens (tertiary/aromatic N) is 1. The van der Waals surface area contributed by atoms with E-state index in [1.807, 2.05) is 0 Å². The van der Waals surface area contributed by atoms with Crippen molar-refractivity contribution >= 4 is 33.2 Å². The molecule has 0 aliphatic carbocycles. The normalized spacial score (nSPS) is 11.9. The Kier molecular flexibility index (Phi) is 7.91. The molecule has 34 heavy (non-hydrogen) atoms. The third-order valence-electron chi connectivity index (χ3n) is 5.18. The minimum Gasteiger partial charge on any atom is -0.497 e. The summed E-state index contributed by atoms with van der Waals surface area (Å²) in [6, 6.07) is 21.3. The van der Waals surface area contributed by atoms with Crippen LogP contribution in [-0.2, 0) is 19.6 Å². The standard InChI is InChI=1S/C25H27N3O5S/c1-18(29)26-24(19-12-14-22(33-3)15-13-19)17-25(30)27-20-8-7-11-23(16-20)34(31,32)28(2)21-9-5-4-6-10-21/h4-16,24H,17H2,1-3H3,(H,26,29)(H,27,30). The van der Waals surface area contributed by atoms with E-state index in [9.17, 15) is 18.0 Å². The summed E-state index contributed by atoms with van der Waals surface area (Å²) in [6.07, 6.45) is -0.0349. The van der Waals surface area contributed by atoms with Crippen LogP contribution in [0.3, 0.4) is 0 Å². The Hall–Kier alpha value is -3.85. The molecule has 8 nitrogen and oxygen atoms in total. The Labute approximate surface area is 199 Å². The molecule has 0 saturated carbocycles. The molecule has 0 fully saturated rings. The second-order valence-electron chi connectivity index (χ2n) is 7.61. The average molecular weight is 482 g/mol. The van der Waals surface area contributed by atoms with Crippen LogP contribution in [0.1, 0.15) is 24.9 Å². The number of anilines is 2. The third-order valence-corrected chi connectivity index (χ3v) is 6.96. The lowest BCUT2D eigenvalue weighted by Gasteiger charge is -2.20. The van der Waals surface area contributed by atoms with Crippen LogP contribution in [0.5, 0.6) is 5.75 Å². The number of rotatable bonds is 9. The second-order valence-corrected chi connectivity index (χ2v) is 9.58. The highest BCUT2D eigenvalue weighted by Gasteiger charge is 2.22. The monoisotopic (exact) mass is 481 g/mol. The van der Waals surface area contributed by atoms with Crippen molar-refractivity contribution in [3.63, 3.8) is 0 Å². The van der Waals surface area contributed by atoms with Crippen LogP contribution in [0.2, 0.25) is 0 Å². The fourth-order valence-corrected chi connectivity index (χ4v) is 4.64. The summed E-state index contributed by atoms with van der Waals surface area (Å²) in [7, 11) is -0.795. The van der Waals surface area contributed by atoms with E-state index in [2.05, 4.69) is 10.6 Å². The number of methoxy groups -OCH3 is 1. The maximum absolute atomic E-state index is 13.1. The molecule has 3 aromatic carbocycles. The molecule has 3 aromatic rings. The van der Waals surface area contributed by atoms with Crippen molar-refractivity contribution in [1.82, 2.24) is 5.32 Å². The molecule has 2 N–H and O–H groups in total. The highest BCUT2D eigenvalue weighted by Crippen LogP contribution is 2.25. The van der Waals surface area contributed by atoms with E-state index >= 15 is 0 Å². The molecule has 0 aliphatic heterocycles. The van der Waals surface area contributed by atoms with Gasteiger partial charge in [0.2, 0.25) is 11.8 Å². The molecule has 0 bridgehead atoms. The predicted molar refractivity (Wildman–Crippen MR) is 131 cm³/mol. The van der Waals surface area contributed by atoms with E-state index in [0.717, 1.165) is 5.56 Å². The number of carbonyl (C=O) groups excluding carboxylic acids is 2. The van der Waals surface area contributed by atoms with E-state index in [0.29, 0.717) is 17.1 Å². The zero-order valence-electron chi connectivity index (χ0n) is 19.2. The number of carbonyl (C=O) groups is 2. The van der Waals surface area contributed by atoms with Gasteiger partial charge in [-0.1, -0.05) is 36.4 Å². The van der Waals surface area contributed by atoms with Gasteiger partial charge in [0.1, 0.15) is 5.75 Å². The summed E-state index contributed by atoms with van der Waals surface area (Å²) < 4.78 is 32.5. The summed E-state index contributed by atoms with van der Waals surface area (Å²) >= 11 is 0. The van der Waals surface area contributed by atoms with E-state index in [1.165, 1.54) is 30.4 Å². The highest BCUT2D eigenvalue weighted by molar-refractivity contribution is 7.92.